The van der Waals surface area contributed by atoms with Crippen LogP contribution in [0.5, 0.6) is 0 Å². The molecule has 0 aromatic rings. The third-order valence-corrected chi connectivity index (χ3v) is 3.69. The summed E-state index contributed by atoms with van der Waals surface area (Å²) in [6, 6.07) is 0. The molecule has 0 aromatic heterocycles. The molecule has 0 radical (unpaired) electrons. The Morgan fingerprint density at radius 3 is 2.08 bits per heavy atom. The highest BCUT2D eigenvalue weighted by molar-refractivity contribution is 6.10. The van der Waals surface area contributed by atoms with Gasteiger partial charge < -0.3 is 0 Å². The molecule has 2 rings (SSSR count). The van der Waals surface area contributed by atoms with Gasteiger partial charge in [0, 0.05) is 12.8 Å². The Hall–Kier alpha value is -0.660. The van der Waals surface area contributed by atoms with Crippen LogP contribution in [0.2, 0.25) is 0 Å². The zero-order valence-electron chi connectivity index (χ0n) is 7.43. The summed E-state index contributed by atoms with van der Waals surface area (Å²) in [5.74, 6) is 0.831. The Morgan fingerprint density at radius 2 is 1.75 bits per heavy atom. The fourth-order valence-electron chi connectivity index (χ4n) is 2.99. The molecule has 2 heteroatoms. The monoisotopic (exact) mass is 166 g/mol. The average Bonchev–Trinajstić information content (AvgIpc) is 2.54. The predicted molar refractivity (Wildman–Crippen MR) is 44.7 cm³/mol. The summed E-state index contributed by atoms with van der Waals surface area (Å²) in [5.41, 5.74) is -0.514. The van der Waals surface area contributed by atoms with E-state index in [1.807, 2.05) is 6.92 Å². The zero-order chi connectivity index (χ0) is 8.77. The van der Waals surface area contributed by atoms with Gasteiger partial charge in [-0.25, -0.2) is 0 Å². The van der Waals surface area contributed by atoms with Crippen LogP contribution in [-0.2, 0) is 9.59 Å². The molecular formula is C10H14O2. The number of carbonyl (C=O) groups is 2. The molecule has 2 fully saturated rings. The Kier molecular flexibility index (Phi) is 1.60. The lowest BCUT2D eigenvalue weighted by atomic mass is 9.76. The molecule has 0 unspecified atom stereocenters. The zero-order valence-corrected chi connectivity index (χ0v) is 7.43. The Balaban J connectivity index is 2.42. The lowest BCUT2D eigenvalue weighted by molar-refractivity contribution is -0.137. The van der Waals surface area contributed by atoms with Crippen molar-refractivity contribution in [2.45, 2.75) is 39.0 Å². The van der Waals surface area contributed by atoms with E-state index in [4.69, 9.17) is 0 Å². The van der Waals surface area contributed by atoms with E-state index in [1.165, 1.54) is 0 Å². The van der Waals surface area contributed by atoms with Crippen LogP contribution >= 0.6 is 0 Å². The number of Topliss-reactive ketones (excluding diaryl/α,β-unsaturated/α-hetero) is 2. The summed E-state index contributed by atoms with van der Waals surface area (Å²) < 4.78 is 0. The molecule has 0 bridgehead atoms. The molecule has 0 N–H and O–H groups in total. The second kappa shape index (κ2) is 2.41. The maximum atomic E-state index is 11.6. The quantitative estimate of drug-likeness (QED) is 0.556. The number of rotatable bonds is 1. The van der Waals surface area contributed by atoms with Crippen molar-refractivity contribution in [3.63, 3.8) is 0 Å². The van der Waals surface area contributed by atoms with Crippen LogP contribution in [-0.4, -0.2) is 11.6 Å². The molecular weight excluding hydrogens is 152 g/mol. The molecule has 2 saturated carbocycles. The van der Waals surface area contributed by atoms with E-state index in [0.29, 0.717) is 18.8 Å². The van der Waals surface area contributed by atoms with Gasteiger partial charge in [0.25, 0.3) is 0 Å². The molecule has 2 aliphatic rings. The molecule has 0 spiro atoms. The van der Waals surface area contributed by atoms with Crippen LogP contribution < -0.4 is 0 Å². The summed E-state index contributed by atoms with van der Waals surface area (Å²) >= 11 is 0. The van der Waals surface area contributed by atoms with Gasteiger partial charge in [-0.2, -0.15) is 0 Å². The van der Waals surface area contributed by atoms with Crippen molar-refractivity contribution in [1.82, 2.24) is 0 Å². The number of fused-ring (bicyclic) bond motifs is 1. The fraction of sp³-hybridized carbons (Fsp3) is 0.800. The van der Waals surface area contributed by atoms with Gasteiger partial charge in [0.1, 0.15) is 11.6 Å². The first-order valence-electron chi connectivity index (χ1n) is 4.78. The predicted octanol–water partition coefficient (Wildman–Crippen LogP) is 1.72. The van der Waals surface area contributed by atoms with Crippen LogP contribution in [0.1, 0.15) is 39.0 Å². The molecule has 0 aromatic carbocycles. The van der Waals surface area contributed by atoms with Crippen LogP contribution in [0, 0.1) is 11.3 Å². The lowest BCUT2D eigenvalue weighted by Crippen LogP contribution is -2.34. The average molecular weight is 166 g/mol. The summed E-state index contributed by atoms with van der Waals surface area (Å²) in [4.78, 5) is 23.2. The van der Waals surface area contributed by atoms with Crippen LogP contribution in [0.15, 0.2) is 0 Å². The van der Waals surface area contributed by atoms with E-state index < -0.39 is 5.41 Å². The highest BCUT2D eigenvalue weighted by Gasteiger charge is 2.56. The molecule has 2 aliphatic carbocycles. The fourth-order valence-corrected chi connectivity index (χ4v) is 2.99. The van der Waals surface area contributed by atoms with Gasteiger partial charge in [0.05, 0.1) is 5.41 Å². The summed E-state index contributed by atoms with van der Waals surface area (Å²) in [5, 5.41) is 0. The van der Waals surface area contributed by atoms with Crippen LogP contribution in [0.3, 0.4) is 0 Å². The molecule has 0 aliphatic heterocycles. The number of hydrogen-bond donors (Lipinski definition) is 0. The van der Waals surface area contributed by atoms with Gasteiger partial charge in [-0.05, 0) is 25.2 Å². The molecule has 0 amide bonds. The van der Waals surface area contributed by atoms with Gasteiger partial charge >= 0.3 is 0 Å². The van der Waals surface area contributed by atoms with E-state index in [2.05, 4.69) is 0 Å². The third-order valence-electron chi connectivity index (χ3n) is 3.69. The molecule has 0 saturated heterocycles. The van der Waals surface area contributed by atoms with Gasteiger partial charge in [-0.1, -0.05) is 6.92 Å². The third kappa shape index (κ3) is 0.706. The van der Waals surface area contributed by atoms with Crippen LogP contribution in [0.25, 0.3) is 0 Å². The minimum Gasteiger partial charge on any atom is -0.299 e. The van der Waals surface area contributed by atoms with E-state index in [1.54, 1.807) is 0 Å². The number of ketones is 2. The first-order valence-corrected chi connectivity index (χ1v) is 4.78. The number of carbonyl (C=O) groups excluding carboxylic acids is 2. The molecule has 0 atom stereocenters. The standard InChI is InChI=1S/C10H14O2/c1-2-10-7(3-5-8(10)11)4-6-9(10)12/h7H,2-6H2,1H3. The van der Waals surface area contributed by atoms with Crippen molar-refractivity contribution in [1.29, 1.82) is 0 Å². The van der Waals surface area contributed by atoms with E-state index >= 15 is 0 Å². The normalized spacial score (nSPS) is 40.6. The maximum Gasteiger partial charge on any atom is 0.146 e. The lowest BCUT2D eigenvalue weighted by Gasteiger charge is -2.23. The molecule has 2 nitrogen and oxygen atoms in total. The second-order valence-electron chi connectivity index (χ2n) is 3.95. The van der Waals surface area contributed by atoms with Crippen LogP contribution in [0.4, 0.5) is 0 Å². The topological polar surface area (TPSA) is 34.1 Å². The minimum absolute atomic E-state index is 0.220. The van der Waals surface area contributed by atoms with Gasteiger partial charge in [0.15, 0.2) is 0 Å². The van der Waals surface area contributed by atoms with Gasteiger partial charge in [-0.15, -0.1) is 0 Å². The van der Waals surface area contributed by atoms with Crippen molar-refractivity contribution in [2.24, 2.45) is 11.3 Å². The smallest absolute Gasteiger partial charge is 0.146 e. The van der Waals surface area contributed by atoms with Crippen molar-refractivity contribution < 1.29 is 9.59 Å². The Labute approximate surface area is 72.3 Å². The van der Waals surface area contributed by atoms with E-state index in [0.717, 1.165) is 19.3 Å². The first kappa shape index (κ1) is 7.96. The SMILES string of the molecule is CCC12C(=O)CCC1CCC2=O. The van der Waals surface area contributed by atoms with Gasteiger partial charge in [-0.3, -0.25) is 9.59 Å². The largest absolute Gasteiger partial charge is 0.299 e. The van der Waals surface area contributed by atoms with Crippen molar-refractivity contribution in [3.8, 4) is 0 Å². The maximum absolute atomic E-state index is 11.6. The van der Waals surface area contributed by atoms with E-state index in [-0.39, 0.29) is 11.6 Å². The summed E-state index contributed by atoms with van der Waals surface area (Å²) in [6.07, 6.45) is 3.93. The highest BCUT2D eigenvalue weighted by atomic mass is 16.2. The Bertz CT molecular complexity index is 222. The van der Waals surface area contributed by atoms with Crippen molar-refractivity contribution in [3.05, 3.63) is 0 Å². The first-order chi connectivity index (χ1) is 5.71. The van der Waals surface area contributed by atoms with Crippen molar-refractivity contribution in [2.75, 3.05) is 0 Å². The summed E-state index contributed by atoms with van der Waals surface area (Å²) in [6.45, 7) is 1.97. The minimum atomic E-state index is -0.514. The van der Waals surface area contributed by atoms with Gasteiger partial charge in [0.2, 0.25) is 0 Å². The molecule has 0 heterocycles. The number of hydrogen-bond acceptors (Lipinski definition) is 2. The molecule has 12 heavy (non-hydrogen) atoms. The highest BCUT2D eigenvalue weighted by Crippen LogP contribution is 2.51. The van der Waals surface area contributed by atoms with Crippen molar-refractivity contribution >= 4 is 11.6 Å². The summed E-state index contributed by atoms with van der Waals surface area (Å²) in [7, 11) is 0. The molecule has 66 valence electrons. The second-order valence-corrected chi connectivity index (χ2v) is 3.95. The Morgan fingerprint density at radius 1 is 1.25 bits per heavy atom. The van der Waals surface area contributed by atoms with E-state index in [9.17, 15) is 9.59 Å².